The van der Waals surface area contributed by atoms with E-state index in [1.54, 1.807) is 0 Å². The summed E-state index contributed by atoms with van der Waals surface area (Å²) >= 11 is 0. The van der Waals surface area contributed by atoms with Crippen LogP contribution < -0.4 is 10.6 Å². The van der Waals surface area contributed by atoms with Gasteiger partial charge in [-0.3, -0.25) is 4.79 Å². The Bertz CT molecular complexity index is 625. The lowest BCUT2D eigenvalue weighted by Crippen LogP contribution is -2.42. The van der Waals surface area contributed by atoms with Gasteiger partial charge in [-0.2, -0.15) is 0 Å². The highest BCUT2D eigenvalue weighted by Gasteiger charge is 2.15. The fourth-order valence-corrected chi connectivity index (χ4v) is 2.52. The second kappa shape index (κ2) is 8.37. The standard InChI is InChI=1S/C20H26N2O/c1-15-8-7-11-19(14-15)22-17(3)20(23)21-16(2)12-13-18-9-5-4-6-10-18/h4-11,14,16-17,22H,12-13H2,1-3H3,(H,21,23)/t16-,17+/m0/s1. The summed E-state index contributed by atoms with van der Waals surface area (Å²) in [5.74, 6) is 0.0343. The van der Waals surface area contributed by atoms with Crippen molar-refractivity contribution < 1.29 is 4.79 Å². The minimum atomic E-state index is -0.254. The third-order valence-electron chi connectivity index (χ3n) is 3.89. The van der Waals surface area contributed by atoms with Crippen LogP contribution in [0.2, 0.25) is 0 Å². The highest BCUT2D eigenvalue weighted by Crippen LogP contribution is 2.11. The van der Waals surface area contributed by atoms with E-state index in [0.717, 1.165) is 18.5 Å². The number of hydrogen-bond donors (Lipinski definition) is 2. The van der Waals surface area contributed by atoms with Gasteiger partial charge in [-0.25, -0.2) is 0 Å². The van der Waals surface area contributed by atoms with Crippen LogP contribution in [0.4, 0.5) is 5.69 Å². The van der Waals surface area contributed by atoms with Gasteiger partial charge in [-0.15, -0.1) is 0 Å². The molecule has 2 rings (SSSR count). The van der Waals surface area contributed by atoms with E-state index in [4.69, 9.17) is 0 Å². The normalized spacial score (nSPS) is 13.2. The minimum Gasteiger partial charge on any atom is -0.374 e. The maximum Gasteiger partial charge on any atom is 0.242 e. The highest BCUT2D eigenvalue weighted by molar-refractivity contribution is 5.84. The first-order valence-corrected chi connectivity index (χ1v) is 8.22. The van der Waals surface area contributed by atoms with Crippen molar-refractivity contribution in [2.45, 2.75) is 45.7 Å². The molecule has 2 atom stereocenters. The molecule has 0 heterocycles. The van der Waals surface area contributed by atoms with Gasteiger partial charge in [0.05, 0.1) is 0 Å². The highest BCUT2D eigenvalue weighted by atomic mass is 16.2. The van der Waals surface area contributed by atoms with E-state index in [9.17, 15) is 4.79 Å². The molecule has 1 amide bonds. The van der Waals surface area contributed by atoms with Gasteiger partial charge in [0.1, 0.15) is 6.04 Å². The first-order chi connectivity index (χ1) is 11.0. The third kappa shape index (κ3) is 5.78. The number of rotatable bonds is 7. The molecule has 0 bridgehead atoms. The summed E-state index contributed by atoms with van der Waals surface area (Å²) < 4.78 is 0. The summed E-state index contributed by atoms with van der Waals surface area (Å²) in [6.07, 6.45) is 1.91. The minimum absolute atomic E-state index is 0.0343. The van der Waals surface area contributed by atoms with Gasteiger partial charge in [0, 0.05) is 11.7 Å². The number of carbonyl (C=O) groups excluding carboxylic acids is 1. The maximum atomic E-state index is 12.3. The fourth-order valence-electron chi connectivity index (χ4n) is 2.52. The zero-order chi connectivity index (χ0) is 16.7. The van der Waals surface area contributed by atoms with E-state index in [1.807, 2.05) is 56.3 Å². The monoisotopic (exact) mass is 310 g/mol. The third-order valence-corrected chi connectivity index (χ3v) is 3.89. The molecule has 122 valence electrons. The number of hydrogen-bond acceptors (Lipinski definition) is 2. The Balaban J connectivity index is 1.78. The van der Waals surface area contributed by atoms with Crippen molar-refractivity contribution >= 4 is 11.6 Å². The first kappa shape index (κ1) is 17.1. The molecule has 2 N–H and O–H groups in total. The van der Waals surface area contributed by atoms with Gasteiger partial charge in [-0.1, -0.05) is 42.5 Å². The molecule has 0 saturated carbocycles. The average molecular weight is 310 g/mol. The predicted molar refractivity (Wildman–Crippen MR) is 96.6 cm³/mol. The van der Waals surface area contributed by atoms with Crippen LogP contribution in [0.1, 0.15) is 31.4 Å². The largest absolute Gasteiger partial charge is 0.374 e. The molecule has 0 unspecified atom stereocenters. The molecule has 0 saturated heterocycles. The lowest BCUT2D eigenvalue weighted by molar-refractivity contribution is -0.122. The van der Waals surface area contributed by atoms with Crippen molar-refractivity contribution in [2.75, 3.05) is 5.32 Å². The van der Waals surface area contributed by atoms with Gasteiger partial charge in [0.2, 0.25) is 5.91 Å². The molecule has 0 fully saturated rings. The molecule has 3 nitrogen and oxygen atoms in total. The summed E-state index contributed by atoms with van der Waals surface area (Å²) in [6.45, 7) is 5.99. The van der Waals surface area contributed by atoms with Crippen molar-refractivity contribution in [3.8, 4) is 0 Å². The van der Waals surface area contributed by atoms with E-state index < -0.39 is 0 Å². The second-order valence-electron chi connectivity index (χ2n) is 6.17. The molecule has 0 aliphatic rings. The summed E-state index contributed by atoms with van der Waals surface area (Å²) in [7, 11) is 0. The van der Waals surface area contributed by atoms with Crippen molar-refractivity contribution in [1.29, 1.82) is 0 Å². The fraction of sp³-hybridized carbons (Fsp3) is 0.350. The lowest BCUT2D eigenvalue weighted by Gasteiger charge is -2.19. The Labute approximate surface area is 139 Å². The average Bonchev–Trinajstić information content (AvgIpc) is 2.54. The summed E-state index contributed by atoms with van der Waals surface area (Å²) in [6, 6.07) is 18.3. The molecule has 3 heteroatoms. The zero-order valence-electron chi connectivity index (χ0n) is 14.2. The Morgan fingerprint density at radius 3 is 2.48 bits per heavy atom. The number of benzene rings is 2. The molecule has 23 heavy (non-hydrogen) atoms. The molecule has 0 aliphatic heterocycles. The molecular formula is C20H26N2O. The Morgan fingerprint density at radius 2 is 1.78 bits per heavy atom. The van der Waals surface area contributed by atoms with Gasteiger partial charge >= 0.3 is 0 Å². The van der Waals surface area contributed by atoms with Crippen LogP contribution in [-0.2, 0) is 11.2 Å². The van der Waals surface area contributed by atoms with E-state index in [2.05, 4.69) is 29.7 Å². The van der Waals surface area contributed by atoms with Crippen LogP contribution in [-0.4, -0.2) is 18.0 Å². The van der Waals surface area contributed by atoms with Crippen molar-refractivity contribution in [1.82, 2.24) is 5.32 Å². The first-order valence-electron chi connectivity index (χ1n) is 8.22. The Hall–Kier alpha value is -2.29. The lowest BCUT2D eigenvalue weighted by atomic mass is 10.1. The van der Waals surface area contributed by atoms with E-state index in [1.165, 1.54) is 11.1 Å². The quantitative estimate of drug-likeness (QED) is 0.813. The van der Waals surface area contributed by atoms with Crippen LogP contribution in [0.5, 0.6) is 0 Å². The van der Waals surface area contributed by atoms with E-state index >= 15 is 0 Å². The summed E-state index contributed by atoms with van der Waals surface area (Å²) in [4.78, 5) is 12.3. The van der Waals surface area contributed by atoms with Crippen molar-refractivity contribution in [3.05, 3.63) is 65.7 Å². The number of aryl methyl sites for hydroxylation is 2. The molecule has 0 spiro atoms. The Kier molecular flexibility index (Phi) is 6.21. The smallest absolute Gasteiger partial charge is 0.242 e. The topological polar surface area (TPSA) is 41.1 Å². The van der Waals surface area contributed by atoms with Gasteiger partial charge in [-0.05, 0) is 56.9 Å². The van der Waals surface area contributed by atoms with Crippen LogP contribution >= 0.6 is 0 Å². The molecule has 0 aliphatic carbocycles. The molecule has 0 aromatic heterocycles. The van der Waals surface area contributed by atoms with Crippen LogP contribution in [0.3, 0.4) is 0 Å². The SMILES string of the molecule is Cc1cccc(N[C@H](C)C(=O)N[C@@H](C)CCc2ccccc2)c1. The molecular weight excluding hydrogens is 284 g/mol. The zero-order valence-corrected chi connectivity index (χ0v) is 14.2. The van der Waals surface area contributed by atoms with Gasteiger partial charge in [0.15, 0.2) is 0 Å². The van der Waals surface area contributed by atoms with Crippen molar-refractivity contribution in [3.63, 3.8) is 0 Å². The molecule has 0 radical (unpaired) electrons. The van der Waals surface area contributed by atoms with E-state index in [0.29, 0.717) is 0 Å². The number of amides is 1. The number of anilines is 1. The van der Waals surface area contributed by atoms with Crippen LogP contribution in [0.15, 0.2) is 54.6 Å². The van der Waals surface area contributed by atoms with Gasteiger partial charge < -0.3 is 10.6 Å². The van der Waals surface area contributed by atoms with Crippen LogP contribution in [0.25, 0.3) is 0 Å². The molecule has 2 aromatic rings. The maximum absolute atomic E-state index is 12.3. The van der Waals surface area contributed by atoms with Gasteiger partial charge in [0.25, 0.3) is 0 Å². The molecule has 2 aromatic carbocycles. The Morgan fingerprint density at radius 1 is 1.04 bits per heavy atom. The summed E-state index contributed by atoms with van der Waals surface area (Å²) in [5, 5.41) is 6.33. The van der Waals surface area contributed by atoms with Crippen molar-refractivity contribution in [2.24, 2.45) is 0 Å². The van der Waals surface area contributed by atoms with E-state index in [-0.39, 0.29) is 18.0 Å². The second-order valence-corrected chi connectivity index (χ2v) is 6.17. The predicted octanol–water partition coefficient (Wildman–Crippen LogP) is 3.93. The summed E-state index contributed by atoms with van der Waals surface area (Å²) in [5.41, 5.74) is 3.46. The number of carbonyl (C=O) groups is 1. The van der Waals surface area contributed by atoms with Crippen LogP contribution in [0, 0.1) is 6.92 Å². The number of nitrogens with one attached hydrogen (secondary N) is 2.